The minimum atomic E-state index is -0.139. The van der Waals surface area contributed by atoms with Gasteiger partial charge < -0.3 is 9.64 Å². The van der Waals surface area contributed by atoms with Crippen LogP contribution in [0, 0.1) is 5.92 Å². The molecule has 3 rings (SSSR count). The topological polar surface area (TPSA) is 46.6 Å². The van der Waals surface area contributed by atoms with E-state index in [4.69, 9.17) is 4.74 Å². The van der Waals surface area contributed by atoms with Gasteiger partial charge in [-0.3, -0.25) is 9.59 Å². The summed E-state index contributed by atoms with van der Waals surface area (Å²) in [7, 11) is 1.56. The zero-order chi connectivity index (χ0) is 16.9. The van der Waals surface area contributed by atoms with Crippen LogP contribution in [-0.2, 0) is 0 Å². The molecule has 1 fully saturated rings. The zero-order valence-electron chi connectivity index (χ0n) is 13.8. The van der Waals surface area contributed by atoms with Crippen LogP contribution in [0.1, 0.15) is 33.6 Å². The molecule has 0 spiro atoms. The largest absolute Gasteiger partial charge is 0.496 e. The highest BCUT2D eigenvalue weighted by atomic mass is 16.5. The summed E-state index contributed by atoms with van der Waals surface area (Å²) >= 11 is 0. The van der Waals surface area contributed by atoms with Crippen molar-refractivity contribution in [2.45, 2.75) is 12.8 Å². The molecule has 24 heavy (non-hydrogen) atoms. The fourth-order valence-electron chi connectivity index (χ4n) is 3.21. The Morgan fingerprint density at radius 2 is 1.75 bits per heavy atom. The van der Waals surface area contributed by atoms with Gasteiger partial charge in [0.2, 0.25) is 0 Å². The number of rotatable bonds is 4. The summed E-state index contributed by atoms with van der Waals surface area (Å²) in [4.78, 5) is 27.3. The molecule has 0 aromatic heterocycles. The monoisotopic (exact) mass is 323 g/mol. The lowest BCUT2D eigenvalue weighted by atomic mass is 9.89. The summed E-state index contributed by atoms with van der Waals surface area (Å²) in [5, 5.41) is 0. The third-order valence-electron chi connectivity index (χ3n) is 4.48. The maximum Gasteiger partial charge on any atom is 0.257 e. The van der Waals surface area contributed by atoms with E-state index in [0.29, 0.717) is 30.0 Å². The van der Waals surface area contributed by atoms with Crippen molar-refractivity contribution in [3.63, 3.8) is 0 Å². The summed E-state index contributed by atoms with van der Waals surface area (Å²) in [6, 6.07) is 16.5. The summed E-state index contributed by atoms with van der Waals surface area (Å²) in [5.41, 5.74) is 1.27. The quantitative estimate of drug-likeness (QED) is 0.810. The number of likely N-dealkylation sites (tertiary alicyclic amines) is 1. The third kappa shape index (κ3) is 3.32. The first-order valence-electron chi connectivity index (χ1n) is 8.22. The molecular formula is C20H21NO3. The number of nitrogens with zero attached hydrogens (tertiary/aromatic N) is 1. The Bertz CT molecular complexity index is 727. The average molecular weight is 323 g/mol. The molecular weight excluding hydrogens is 302 g/mol. The molecule has 0 aliphatic carbocycles. The first kappa shape index (κ1) is 16.2. The third-order valence-corrected chi connectivity index (χ3v) is 4.48. The van der Waals surface area contributed by atoms with Crippen LogP contribution in [0.3, 0.4) is 0 Å². The number of carbonyl (C=O) groups excluding carboxylic acids is 2. The van der Waals surface area contributed by atoms with Crippen molar-refractivity contribution in [3.05, 3.63) is 65.7 Å². The van der Waals surface area contributed by atoms with E-state index in [0.717, 1.165) is 12.8 Å². The summed E-state index contributed by atoms with van der Waals surface area (Å²) in [5.74, 6) is 0.477. The standard InChI is InChI=1S/C20H21NO3/c1-24-18-12-6-5-11-17(18)20(23)21-13-7-10-16(14-21)19(22)15-8-3-2-4-9-15/h2-6,8-9,11-12,16H,7,10,13-14H2,1H3. The molecule has 0 saturated carbocycles. The second-order valence-electron chi connectivity index (χ2n) is 6.02. The molecule has 0 N–H and O–H groups in total. The minimum Gasteiger partial charge on any atom is -0.496 e. The van der Waals surface area contributed by atoms with Crippen molar-refractivity contribution in [3.8, 4) is 5.75 Å². The Morgan fingerprint density at radius 1 is 1.04 bits per heavy atom. The highest BCUT2D eigenvalue weighted by Crippen LogP contribution is 2.25. The number of carbonyl (C=O) groups is 2. The number of hydrogen-bond donors (Lipinski definition) is 0. The predicted molar refractivity (Wildman–Crippen MR) is 92.4 cm³/mol. The molecule has 2 aromatic rings. The first-order chi connectivity index (χ1) is 11.7. The smallest absolute Gasteiger partial charge is 0.257 e. The maximum atomic E-state index is 12.8. The van der Waals surface area contributed by atoms with Gasteiger partial charge in [-0.25, -0.2) is 0 Å². The van der Waals surface area contributed by atoms with Crippen LogP contribution in [0.2, 0.25) is 0 Å². The molecule has 4 nitrogen and oxygen atoms in total. The Kier molecular flexibility index (Phi) is 4.94. The molecule has 1 aliphatic heterocycles. The van der Waals surface area contributed by atoms with Crippen molar-refractivity contribution < 1.29 is 14.3 Å². The average Bonchev–Trinajstić information content (AvgIpc) is 2.67. The number of para-hydroxylation sites is 1. The number of piperidine rings is 1. The van der Waals surface area contributed by atoms with Crippen molar-refractivity contribution in [2.24, 2.45) is 5.92 Å². The number of ether oxygens (including phenoxy) is 1. The molecule has 2 aromatic carbocycles. The lowest BCUT2D eigenvalue weighted by Gasteiger charge is -2.32. The molecule has 1 saturated heterocycles. The van der Waals surface area contributed by atoms with Crippen LogP contribution >= 0.6 is 0 Å². The molecule has 1 atom stereocenters. The Labute approximate surface area is 142 Å². The highest BCUT2D eigenvalue weighted by molar-refractivity contribution is 6.00. The number of benzene rings is 2. The molecule has 0 radical (unpaired) electrons. The second kappa shape index (κ2) is 7.30. The van der Waals surface area contributed by atoms with Crippen LogP contribution in [-0.4, -0.2) is 36.8 Å². The van der Waals surface area contributed by atoms with E-state index in [1.165, 1.54) is 0 Å². The number of ketones is 1. The van der Waals surface area contributed by atoms with E-state index in [1.807, 2.05) is 42.5 Å². The number of amides is 1. The van der Waals surface area contributed by atoms with Crippen molar-refractivity contribution >= 4 is 11.7 Å². The first-order valence-corrected chi connectivity index (χ1v) is 8.22. The number of Topliss-reactive ketones (excluding diaryl/α,β-unsaturated/α-hetero) is 1. The van der Waals surface area contributed by atoms with Gasteiger partial charge in [0.25, 0.3) is 5.91 Å². The summed E-state index contributed by atoms with van der Waals surface area (Å²) in [6.07, 6.45) is 1.66. The fourth-order valence-corrected chi connectivity index (χ4v) is 3.21. The van der Waals surface area contributed by atoms with Crippen molar-refractivity contribution in [1.29, 1.82) is 0 Å². The van der Waals surface area contributed by atoms with Crippen LogP contribution in [0.4, 0.5) is 0 Å². The Balaban J connectivity index is 1.76. The number of methoxy groups -OCH3 is 1. The summed E-state index contributed by atoms with van der Waals surface area (Å²) < 4.78 is 5.29. The molecule has 1 heterocycles. The van der Waals surface area contributed by atoms with E-state index in [1.54, 1.807) is 24.1 Å². The van der Waals surface area contributed by atoms with Gasteiger partial charge in [0.15, 0.2) is 5.78 Å². The predicted octanol–water partition coefficient (Wildman–Crippen LogP) is 3.43. The van der Waals surface area contributed by atoms with E-state index < -0.39 is 0 Å². The van der Waals surface area contributed by atoms with Gasteiger partial charge in [-0.05, 0) is 25.0 Å². The molecule has 1 amide bonds. The lowest BCUT2D eigenvalue weighted by Crippen LogP contribution is -2.42. The van der Waals surface area contributed by atoms with Gasteiger partial charge in [0.1, 0.15) is 5.75 Å². The van der Waals surface area contributed by atoms with Gasteiger partial charge in [-0.2, -0.15) is 0 Å². The van der Waals surface area contributed by atoms with E-state index >= 15 is 0 Å². The number of hydrogen-bond acceptors (Lipinski definition) is 3. The van der Waals surface area contributed by atoms with Gasteiger partial charge in [0, 0.05) is 24.6 Å². The molecule has 1 aliphatic rings. The second-order valence-corrected chi connectivity index (χ2v) is 6.02. The van der Waals surface area contributed by atoms with E-state index in [-0.39, 0.29) is 17.6 Å². The Hall–Kier alpha value is -2.62. The molecule has 1 unspecified atom stereocenters. The maximum absolute atomic E-state index is 12.8. The van der Waals surface area contributed by atoms with Crippen molar-refractivity contribution in [2.75, 3.05) is 20.2 Å². The van der Waals surface area contributed by atoms with E-state index in [9.17, 15) is 9.59 Å². The van der Waals surface area contributed by atoms with Gasteiger partial charge in [-0.15, -0.1) is 0 Å². The highest BCUT2D eigenvalue weighted by Gasteiger charge is 2.30. The SMILES string of the molecule is COc1ccccc1C(=O)N1CCCC(C(=O)c2ccccc2)C1. The molecule has 0 bridgehead atoms. The van der Waals surface area contributed by atoms with E-state index in [2.05, 4.69) is 0 Å². The normalized spacial score (nSPS) is 17.4. The van der Waals surface area contributed by atoms with Gasteiger partial charge in [-0.1, -0.05) is 42.5 Å². The lowest BCUT2D eigenvalue weighted by molar-refractivity contribution is 0.0634. The van der Waals surface area contributed by atoms with Crippen LogP contribution in [0.15, 0.2) is 54.6 Å². The zero-order valence-corrected chi connectivity index (χ0v) is 13.8. The van der Waals surface area contributed by atoms with Crippen LogP contribution < -0.4 is 4.74 Å². The summed E-state index contributed by atoms with van der Waals surface area (Å²) in [6.45, 7) is 1.14. The fraction of sp³-hybridized carbons (Fsp3) is 0.300. The molecule has 124 valence electrons. The Morgan fingerprint density at radius 3 is 2.50 bits per heavy atom. The minimum absolute atomic E-state index is 0.0713. The van der Waals surface area contributed by atoms with Crippen LogP contribution in [0.25, 0.3) is 0 Å². The molecule has 4 heteroatoms. The van der Waals surface area contributed by atoms with Gasteiger partial charge >= 0.3 is 0 Å². The van der Waals surface area contributed by atoms with Crippen molar-refractivity contribution in [1.82, 2.24) is 4.90 Å². The van der Waals surface area contributed by atoms with Crippen LogP contribution in [0.5, 0.6) is 5.75 Å². The van der Waals surface area contributed by atoms with Gasteiger partial charge in [0.05, 0.1) is 12.7 Å².